The van der Waals surface area contributed by atoms with Crippen LogP contribution >= 0.6 is 23.6 Å². The Labute approximate surface area is 114 Å². The van der Waals surface area contributed by atoms with Crippen molar-refractivity contribution in [1.82, 2.24) is 4.72 Å². The molecule has 0 aliphatic heterocycles. The van der Waals surface area contributed by atoms with Gasteiger partial charge in [-0.15, -0.1) is 11.3 Å². The topological polar surface area (TPSA) is 98.5 Å². The number of carbonyl (C=O) groups excluding carboxylic acids is 1. The van der Waals surface area contributed by atoms with Gasteiger partial charge in [-0.2, -0.15) is 4.72 Å². The molecule has 0 amide bonds. The first kappa shape index (κ1) is 15.0. The summed E-state index contributed by atoms with van der Waals surface area (Å²) in [7, 11) is -3.73. The van der Waals surface area contributed by atoms with Crippen LogP contribution in [0.5, 0.6) is 0 Å². The van der Waals surface area contributed by atoms with Crippen molar-refractivity contribution in [2.45, 2.75) is 11.1 Å². The quantitative estimate of drug-likeness (QED) is 0.576. The van der Waals surface area contributed by atoms with Crippen molar-refractivity contribution in [3.8, 4) is 0 Å². The SMILES string of the molecule is CCOC(=O)CNS(=O)(=O)c1ccc(C(N)=S)s1. The van der Waals surface area contributed by atoms with Gasteiger partial charge in [-0.05, 0) is 19.1 Å². The maximum absolute atomic E-state index is 11.8. The number of rotatable bonds is 6. The Morgan fingerprint density at radius 3 is 2.72 bits per heavy atom. The molecule has 1 rings (SSSR count). The molecule has 1 heterocycles. The number of ether oxygens (including phenoxy) is 1. The Hall–Kier alpha value is -1.03. The van der Waals surface area contributed by atoms with E-state index in [2.05, 4.69) is 9.46 Å². The molecule has 0 aromatic carbocycles. The Balaban J connectivity index is 2.74. The summed E-state index contributed by atoms with van der Waals surface area (Å²) in [5.41, 5.74) is 5.38. The summed E-state index contributed by atoms with van der Waals surface area (Å²) >= 11 is 5.68. The molecule has 0 unspecified atom stereocenters. The van der Waals surface area contributed by atoms with Crippen LogP contribution in [-0.4, -0.2) is 32.5 Å². The van der Waals surface area contributed by atoms with E-state index in [9.17, 15) is 13.2 Å². The van der Waals surface area contributed by atoms with Crippen molar-refractivity contribution in [2.75, 3.05) is 13.2 Å². The molecule has 0 radical (unpaired) electrons. The number of hydrogen-bond acceptors (Lipinski definition) is 6. The van der Waals surface area contributed by atoms with Crippen LogP contribution in [0.15, 0.2) is 16.3 Å². The van der Waals surface area contributed by atoms with Crippen LogP contribution in [0.25, 0.3) is 0 Å². The van der Waals surface area contributed by atoms with E-state index in [0.29, 0.717) is 4.88 Å². The lowest BCUT2D eigenvalue weighted by Gasteiger charge is -2.04. The number of hydrogen-bond donors (Lipinski definition) is 2. The molecule has 18 heavy (non-hydrogen) atoms. The first-order valence-corrected chi connectivity index (χ1v) is 7.62. The van der Waals surface area contributed by atoms with Crippen molar-refractivity contribution < 1.29 is 17.9 Å². The van der Waals surface area contributed by atoms with Gasteiger partial charge in [0.15, 0.2) is 0 Å². The fraction of sp³-hybridized carbons (Fsp3) is 0.333. The molecule has 1 aromatic heterocycles. The second-order valence-electron chi connectivity index (χ2n) is 3.11. The van der Waals surface area contributed by atoms with Gasteiger partial charge in [0.1, 0.15) is 15.7 Å². The minimum atomic E-state index is -3.73. The van der Waals surface area contributed by atoms with Gasteiger partial charge in [0.05, 0.1) is 11.5 Å². The number of sulfonamides is 1. The van der Waals surface area contributed by atoms with E-state index in [1.165, 1.54) is 12.1 Å². The molecular formula is C9H12N2O4S3. The standard InChI is InChI=1S/C9H12N2O4S3/c1-2-15-7(12)5-11-18(13,14)8-4-3-6(17-8)9(10)16/h3-4,11H,2,5H2,1H3,(H2,10,16). The fourth-order valence-electron chi connectivity index (χ4n) is 1.03. The lowest BCUT2D eigenvalue weighted by atomic mass is 10.5. The Morgan fingerprint density at radius 1 is 1.56 bits per heavy atom. The van der Waals surface area contributed by atoms with E-state index < -0.39 is 22.5 Å². The summed E-state index contributed by atoms with van der Waals surface area (Å²) in [5.74, 6) is -0.632. The monoisotopic (exact) mass is 308 g/mol. The average Bonchev–Trinajstić information content (AvgIpc) is 2.77. The highest BCUT2D eigenvalue weighted by Crippen LogP contribution is 2.21. The van der Waals surface area contributed by atoms with Crippen molar-refractivity contribution in [2.24, 2.45) is 5.73 Å². The van der Waals surface area contributed by atoms with Gasteiger partial charge in [0.25, 0.3) is 10.0 Å². The molecule has 0 aliphatic rings. The molecule has 0 spiro atoms. The zero-order valence-electron chi connectivity index (χ0n) is 9.50. The van der Waals surface area contributed by atoms with Gasteiger partial charge in [-0.25, -0.2) is 8.42 Å². The second kappa shape index (κ2) is 6.23. The average molecular weight is 308 g/mol. The molecule has 0 saturated carbocycles. The predicted octanol–water partition coefficient (Wildman–Crippen LogP) is 0.224. The number of thiophene rings is 1. The van der Waals surface area contributed by atoms with Gasteiger partial charge in [0, 0.05) is 0 Å². The van der Waals surface area contributed by atoms with E-state index in [4.69, 9.17) is 18.0 Å². The third-order valence-corrected chi connectivity index (χ3v) is 5.16. The third kappa shape index (κ3) is 4.02. The zero-order chi connectivity index (χ0) is 13.8. The summed E-state index contributed by atoms with van der Waals surface area (Å²) in [6, 6.07) is 2.90. The number of esters is 1. The molecule has 0 saturated heterocycles. The van der Waals surface area contributed by atoms with Gasteiger partial charge < -0.3 is 10.5 Å². The summed E-state index contributed by atoms with van der Waals surface area (Å²) in [6.45, 7) is 1.43. The van der Waals surface area contributed by atoms with E-state index in [1.807, 2.05) is 0 Å². The number of nitrogens with two attached hydrogens (primary N) is 1. The molecule has 3 N–H and O–H groups in total. The van der Waals surface area contributed by atoms with Crippen LogP contribution in [0.4, 0.5) is 0 Å². The number of carbonyl (C=O) groups is 1. The zero-order valence-corrected chi connectivity index (χ0v) is 12.0. The lowest BCUT2D eigenvalue weighted by molar-refractivity contribution is -0.141. The summed E-state index contributed by atoms with van der Waals surface area (Å²) in [5, 5.41) is 0. The first-order chi connectivity index (χ1) is 8.36. The maximum atomic E-state index is 11.8. The summed E-state index contributed by atoms with van der Waals surface area (Å²) < 4.78 is 30.4. The van der Waals surface area contributed by atoms with E-state index in [-0.39, 0.29) is 15.8 Å². The number of thiocarbonyl (C=S) groups is 1. The van der Waals surface area contributed by atoms with Gasteiger partial charge >= 0.3 is 5.97 Å². The van der Waals surface area contributed by atoms with Crippen molar-refractivity contribution >= 4 is 44.5 Å². The van der Waals surface area contributed by atoms with Gasteiger partial charge in [-0.3, -0.25) is 4.79 Å². The molecule has 0 aliphatic carbocycles. The summed E-state index contributed by atoms with van der Waals surface area (Å²) in [4.78, 5) is 11.7. The molecule has 6 nitrogen and oxygen atoms in total. The Kier molecular flexibility index (Phi) is 5.20. The van der Waals surface area contributed by atoms with E-state index in [1.54, 1.807) is 6.92 Å². The third-order valence-electron chi connectivity index (χ3n) is 1.80. The van der Waals surface area contributed by atoms with Crippen molar-refractivity contribution in [1.29, 1.82) is 0 Å². The molecule has 0 fully saturated rings. The number of nitrogens with one attached hydrogen (secondary N) is 1. The minimum Gasteiger partial charge on any atom is -0.465 e. The van der Waals surface area contributed by atoms with Crippen LogP contribution in [0.3, 0.4) is 0 Å². The van der Waals surface area contributed by atoms with Crippen molar-refractivity contribution in [3.63, 3.8) is 0 Å². The first-order valence-electron chi connectivity index (χ1n) is 4.91. The lowest BCUT2D eigenvalue weighted by Crippen LogP contribution is -2.30. The van der Waals surface area contributed by atoms with Crippen LogP contribution in [0.1, 0.15) is 11.8 Å². The Morgan fingerprint density at radius 2 is 2.22 bits per heavy atom. The highest BCUT2D eigenvalue weighted by molar-refractivity contribution is 7.91. The van der Waals surface area contributed by atoms with E-state index in [0.717, 1.165) is 11.3 Å². The van der Waals surface area contributed by atoms with Crippen LogP contribution in [-0.2, 0) is 19.6 Å². The highest BCUT2D eigenvalue weighted by Gasteiger charge is 2.18. The van der Waals surface area contributed by atoms with E-state index >= 15 is 0 Å². The molecule has 1 aromatic rings. The van der Waals surface area contributed by atoms with Gasteiger partial charge in [0.2, 0.25) is 0 Å². The molecular weight excluding hydrogens is 296 g/mol. The molecule has 100 valence electrons. The predicted molar refractivity (Wildman–Crippen MR) is 72.0 cm³/mol. The van der Waals surface area contributed by atoms with Crippen LogP contribution < -0.4 is 10.5 Å². The second-order valence-corrected chi connectivity index (χ2v) is 6.63. The minimum absolute atomic E-state index is 0.0506. The fourth-order valence-corrected chi connectivity index (χ4v) is 3.40. The maximum Gasteiger partial charge on any atom is 0.321 e. The van der Waals surface area contributed by atoms with Crippen molar-refractivity contribution in [3.05, 3.63) is 17.0 Å². The Bertz CT molecular complexity index is 550. The smallest absolute Gasteiger partial charge is 0.321 e. The molecule has 0 bridgehead atoms. The molecule has 9 heteroatoms. The van der Waals surface area contributed by atoms with Crippen LogP contribution in [0.2, 0.25) is 0 Å². The van der Waals surface area contributed by atoms with Crippen LogP contribution in [0, 0.1) is 0 Å². The highest BCUT2D eigenvalue weighted by atomic mass is 32.2. The normalized spacial score (nSPS) is 11.2. The van der Waals surface area contributed by atoms with Gasteiger partial charge in [-0.1, -0.05) is 12.2 Å². The molecule has 0 atom stereocenters. The largest absolute Gasteiger partial charge is 0.465 e. The summed E-state index contributed by atoms with van der Waals surface area (Å²) in [6.07, 6.45) is 0.